The second kappa shape index (κ2) is 1.88. The molecule has 0 aromatic carbocycles. The van der Waals surface area contributed by atoms with Gasteiger partial charge in [-0.3, -0.25) is 10.1 Å². The maximum atomic E-state index is 10.9. The minimum absolute atomic E-state index is 0.0266. The predicted molar refractivity (Wildman–Crippen MR) is 34.4 cm³/mol. The van der Waals surface area contributed by atoms with E-state index in [-0.39, 0.29) is 18.3 Å². The number of ether oxygens (including phenoxy) is 1. The molecule has 6 heteroatoms. The highest BCUT2D eigenvalue weighted by Crippen LogP contribution is 2.03. The lowest BCUT2D eigenvalue weighted by atomic mass is 10.3. The van der Waals surface area contributed by atoms with E-state index in [1.807, 2.05) is 5.32 Å². The number of amides is 3. The largest absolute Gasteiger partial charge is 0.453 e. The first-order valence-corrected chi connectivity index (χ1v) is 2.89. The van der Waals surface area contributed by atoms with Crippen LogP contribution in [0.1, 0.15) is 0 Å². The van der Waals surface area contributed by atoms with Crippen molar-refractivity contribution < 1.29 is 14.3 Å². The minimum atomic E-state index is -0.703. The van der Waals surface area contributed by atoms with Crippen LogP contribution in [-0.2, 0) is 9.53 Å². The lowest BCUT2D eigenvalue weighted by molar-refractivity contribution is -0.113. The average molecular weight is 153 g/mol. The molecule has 0 spiro atoms. The van der Waals surface area contributed by atoms with Crippen LogP contribution in [-0.4, -0.2) is 30.3 Å². The van der Waals surface area contributed by atoms with Crippen molar-refractivity contribution in [3.8, 4) is 0 Å². The zero-order chi connectivity index (χ0) is 7.84. The lowest BCUT2D eigenvalue weighted by Gasteiger charge is -2.05. The fourth-order valence-electron chi connectivity index (χ4n) is 0.825. The molecule has 1 N–H and O–H groups in total. The normalized spacial score (nSPS) is 21.5. The Hall–Kier alpha value is -1.72. The Kier molecular flexibility index (Phi) is 1.03. The predicted octanol–water partition coefficient (Wildman–Crippen LogP) is -0.937. The highest BCUT2D eigenvalue weighted by atomic mass is 16.5. The van der Waals surface area contributed by atoms with Crippen LogP contribution in [0.15, 0.2) is 9.98 Å². The van der Waals surface area contributed by atoms with Gasteiger partial charge in [-0.2, -0.15) is 4.99 Å². The minimum Gasteiger partial charge on any atom is -0.453 e. The molecule has 0 fully saturated rings. The van der Waals surface area contributed by atoms with E-state index < -0.39 is 11.9 Å². The molecule has 6 nitrogen and oxygen atoms in total. The molecule has 3 amide bonds. The molecule has 0 saturated heterocycles. The molecular formula is C5H3N3O3. The highest BCUT2D eigenvalue weighted by Gasteiger charge is 2.30. The number of hydrogen-bond acceptors (Lipinski definition) is 4. The van der Waals surface area contributed by atoms with Gasteiger partial charge in [0.25, 0.3) is 11.8 Å². The fourth-order valence-corrected chi connectivity index (χ4v) is 0.825. The number of nitrogens with one attached hydrogen (secondary N) is 1. The van der Waals surface area contributed by atoms with Gasteiger partial charge in [-0.1, -0.05) is 0 Å². The number of rotatable bonds is 0. The smallest absolute Gasteiger partial charge is 0.351 e. The zero-order valence-electron chi connectivity index (χ0n) is 5.33. The molecule has 0 aliphatic carbocycles. The van der Waals surface area contributed by atoms with Crippen molar-refractivity contribution in [1.82, 2.24) is 5.32 Å². The third-order valence-corrected chi connectivity index (χ3v) is 1.27. The van der Waals surface area contributed by atoms with Crippen LogP contribution in [0.4, 0.5) is 4.79 Å². The highest BCUT2D eigenvalue weighted by molar-refractivity contribution is 6.68. The Balaban J connectivity index is 2.47. The maximum absolute atomic E-state index is 10.9. The topological polar surface area (TPSA) is 80.1 Å². The quantitative estimate of drug-likeness (QED) is 0.487. The van der Waals surface area contributed by atoms with E-state index in [4.69, 9.17) is 4.74 Å². The van der Waals surface area contributed by atoms with Crippen molar-refractivity contribution in [3.63, 3.8) is 0 Å². The van der Waals surface area contributed by atoms with Crippen molar-refractivity contribution >= 4 is 23.5 Å². The molecule has 0 bridgehead atoms. The summed E-state index contributed by atoms with van der Waals surface area (Å²) in [6.07, 6.45) is 0. The van der Waals surface area contributed by atoms with E-state index in [0.29, 0.717) is 0 Å². The van der Waals surface area contributed by atoms with Gasteiger partial charge in [0, 0.05) is 0 Å². The van der Waals surface area contributed by atoms with Crippen molar-refractivity contribution in [2.75, 3.05) is 6.73 Å². The number of nitrogens with zero attached hydrogens (tertiary/aromatic N) is 2. The summed E-state index contributed by atoms with van der Waals surface area (Å²) in [4.78, 5) is 28.5. The molecule has 0 aromatic heterocycles. The third-order valence-electron chi connectivity index (χ3n) is 1.27. The van der Waals surface area contributed by atoms with Crippen LogP contribution in [0.5, 0.6) is 0 Å². The van der Waals surface area contributed by atoms with Crippen LogP contribution in [0.25, 0.3) is 0 Å². The monoisotopic (exact) mass is 153 g/mol. The Bertz CT molecular complexity index is 304. The van der Waals surface area contributed by atoms with E-state index >= 15 is 0 Å². The number of imide groups is 1. The van der Waals surface area contributed by atoms with Gasteiger partial charge in [-0.25, -0.2) is 9.79 Å². The SMILES string of the molecule is O=C1N=C2OCN=C2C(=O)N1. The number of hydrogen-bond donors (Lipinski definition) is 1. The molecule has 2 aliphatic heterocycles. The second-order valence-corrected chi connectivity index (χ2v) is 1.96. The first kappa shape index (κ1) is 6.02. The summed E-state index contributed by atoms with van der Waals surface area (Å²) in [7, 11) is 0. The summed E-state index contributed by atoms with van der Waals surface area (Å²) >= 11 is 0. The summed E-state index contributed by atoms with van der Waals surface area (Å²) in [6.45, 7) is 0.0644. The van der Waals surface area contributed by atoms with Gasteiger partial charge in [0.05, 0.1) is 0 Å². The first-order valence-electron chi connectivity index (χ1n) is 2.89. The van der Waals surface area contributed by atoms with Gasteiger partial charge in [-0.05, 0) is 0 Å². The number of fused-ring (bicyclic) bond motifs is 1. The Morgan fingerprint density at radius 1 is 1.45 bits per heavy atom. The van der Waals surface area contributed by atoms with Gasteiger partial charge in [0.2, 0.25) is 0 Å². The van der Waals surface area contributed by atoms with Gasteiger partial charge in [0.15, 0.2) is 12.4 Å². The molecule has 0 unspecified atom stereocenters. The summed E-state index contributed by atoms with van der Waals surface area (Å²) in [5.74, 6) is -0.517. The summed E-state index contributed by atoms with van der Waals surface area (Å²) in [6, 6.07) is -0.703. The summed E-state index contributed by atoms with van der Waals surface area (Å²) < 4.78 is 4.76. The Morgan fingerprint density at radius 2 is 2.27 bits per heavy atom. The van der Waals surface area contributed by atoms with Crippen molar-refractivity contribution in [2.24, 2.45) is 9.98 Å². The first-order chi connectivity index (χ1) is 5.27. The molecule has 0 radical (unpaired) electrons. The molecule has 11 heavy (non-hydrogen) atoms. The van der Waals surface area contributed by atoms with Gasteiger partial charge in [-0.15, -0.1) is 0 Å². The van der Waals surface area contributed by atoms with Crippen LogP contribution in [0.3, 0.4) is 0 Å². The maximum Gasteiger partial charge on any atom is 0.351 e. The van der Waals surface area contributed by atoms with Gasteiger partial charge < -0.3 is 4.74 Å². The van der Waals surface area contributed by atoms with Gasteiger partial charge in [0.1, 0.15) is 0 Å². The van der Waals surface area contributed by atoms with E-state index in [1.165, 1.54) is 0 Å². The van der Waals surface area contributed by atoms with Crippen LogP contribution in [0.2, 0.25) is 0 Å². The zero-order valence-corrected chi connectivity index (χ0v) is 5.33. The molecule has 56 valence electrons. The van der Waals surface area contributed by atoms with E-state index in [0.717, 1.165) is 0 Å². The molecule has 2 rings (SSSR count). The summed E-state index contributed by atoms with van der Waals surface area (Å²) in [5, 5.41) is 1.97. The number of carbonyl (C=O) groups is 2. The molecule has 2 aliphatic rings. The number of urea groups is 1. The van der Waals surface area contributed by atoms with Crippen molar-refractivity contribution in [2.45, 2.75) is 0 Å². The average Bonchev–Trinajstić information content (AvgIpc) is 2.34. The van der Waals surface area contributed by atoms with E-state index in [9.17, 15) is 9.59 Å². The molecular weight excluding hydrogens is 150 g/mol. The van der Waals surface area contributed by atoms with E-state index in [1.54, 1.807) is 0 Å². The molecule has 0 aromatic rings. The standard InChI is InChI=1S/C5H3N3O3/c9-3-2-4(11-1-6-2)8-5(10)7-3/h1H2,(H,7,9,10). The Labute approximate surface area is 61.0 Å². The second-order valence-electron chi connectivity index (χ2n) is 1.96. The number of aliphatic imine (C=N–C) groups is 2. The molecule has 0 saturated carbocycles. The van der Waals surface area contributed by atoms with Crippen LogP contribution < -0.4 is 5.32 Å². The fraction of sp³-hybridized carbons (Fsp3) is 0.200. The molecule has 0 atom stereocenters. The van der Waals surface area contributed by atoms with E-state index in [2.05, 4.69) is 9.98 Å². The van der Waals surface area contributed by atoms with Crippen LogP contribution >= 0.6 is 0 Å². The third kappa shape index (κ3) is 0.794. The molecule has 2 heterocycles. The van der Waals surface area contributed by atoms with Crippen LogP contribution in [0, 0.1) is 0 Å². The van der Waals surface area contributed by atoms with Crippen molar-refractivity contribution in [1.29, 1.82) is 0 Å². The lowest BCUT2D eigenvalue weighted by Crippen LogP contribution is -2.42. The summed E-state index contributed by atoms with van der Waals surface area (Å²) in [5.41, 5.74) is 0.101. The van der Waals surface area contributed by atoms with Gasteiger partial charge >= 0.3 is 6.03 Å². The number of carbonyl (C=O) groups excluding carboxylic acids is 2. The Morgan fingerprint density at radius 3 is 3.09 bits per heavy atom. The van der Waals surface area contributed by atoms with Crippen molar-refractivity contribution in [3.05, 3.63) is 0 Å².